The van der Waals surface area contributed by atoms with E-state index in [1.165, 1.54) is 7.11 Å². The number of alkyl halides is 3. The number of benzene rings is 1. The van der Waals surface area contributed by atoms with Crippen molar-refractivity contribution in [3.63, 3.8) is 0 Å². The van der Waals surface area contributed by atoms with Gasteiger partial charge in [0.1, 0.15) is 12.3 Å². The Labute approximate surface area is 243 Å². The van der Waals surface area contributed by atoms with Crippen LogP contribution in [0.25, 0.3) is 0 Å². The molecule has 1 unspecified atom stereocenters. The molecule has 1 amide bonds. The summed E-state index contributed by atoms with van der Waals surface area (Å²) in [5.41, 5.74) is 1.79. The molecular weight excluding hydrogens is 551 g/mol. The molecule has 1 saturated heterocycles. The van der Waals surface area contributed by atoms with E-state index in [0.717, 1.165) is 42.6 Å². The van der Waals surface area contributed by atoms with Crippen molar-refractivity contribution in [3.8, 4) is 11.6 Å². The third kappa shape index (κ3) is 7.46. The summed E-state index contributed by atoms with van der Waals surface area (Å²) in [5.74, 6) is 0.194. The third-order valence-electron chi connectivity index (χ3n) is 8.76. The van der Waals surface area contributed by atoms with Gasteiger partial charge in [-0.15, -0.1) is 0 Å². The molecule has 1 aliphatic heterocycles. The monoisotopic (exact) mass is 589 g/mol. The van der Waals surface area contributed by atoms with Crippen LogP contribution in [0.1, 0.15) is 73.2 Å². The number of halogens is 3. The van der Waals surface area contributed by atoms with E-state index in [4.69, 9.17) is 9.47 Å². The van der Waals surface area contributed by atoms with Crippen molar-refractivity contribution in [3.05, 3.63) is 47.7 Å². The summed E-state index contributed by atoms with van der Waals surface area (Å²) < 4.78 is 51.6. The highest BCUT2D eigenvalue weighted by Crippen LogP contribution is 2.45. The maximum atomic E-state index is 13.5. The van der Waals surface area contributed by atoms with Gasteiger partial charge >= 0.3 is 12.1 Å². The first kappa shape index (κ1) is 30.0. The highest BCUT2D eigenvalue weighted by atomic mass is 19.4. The lowest BCUT2D eigenvalue weighted by molar-refractivity contribution is -0.147. The molecule has 2 saturated carbocycles. The number of amides is 1. The predicted octanol–water partition coefficient (Wildman–Crippen LogP) is 5.91. The van der Waals surface area contributed by atoms with Crippen molar-refractivity contribution in [2.75, 3.05) is 38.3 Å². The molecule has 1 aromatic carbocycles. The zero-order valence-corrected chi connectivity index (χ0v) is 23.8. The standard InChI is InChI=1S/C31H38F3N3O5/c1-41-24-7-8-25(30(40)37(19-31(32,33)34)23-3-2-4-23)27(16-24)36-13-10-20(11-14-36)18-42-28-15-22(9-12-35-28)26(17-29(38)39)21-5-6-21/h7-9,12,15-16,20-21,23,26H,2-6,10-11,13-14,17-19H2,1H3,(H,38,39). The smallest absolute Gasteiger partial charge is 0.406 e. The first-order chi connectivity index (χ1) is 20.1. The number of ether oxygens (including phenoxy) is 2. The fraction of sp³-hybridized carbons (Fsp3) is 0.581. The highest BCUT2D eigenvalue weighted by Gasteiger charge is 2.40. The lowest BCUT2D eigenvalue weighted by Crippen LogP contribution is -2.49. The molecule has 3 aliphatic rings. The van der Waals surface area contributed by atoms with Crippen molar-refractivity contribution in [1.29, 1.82) is 0 Å². The number of aliphatic carboxylic acids is 1. The van der Waals surface area contributed by atoms with Crippen LogP contribution in [-0.2, 0) is 4.79 Å². The van der Waals surface area contributed by atoms with Gasteiger partial charge in [0.05, 0.1) is 31.4 Å². The van der Waals surface area contributed by atoms with Crippen LogP contribution in [-0.4, -0.2) is 72.4 Å². The van der Waals surface area contributed by atoms with Crippen LogP contribution in [0, 0.1) is 11.8 Å². The van der Waals surface area contributed by atoms with Crippen LogP contribution < -0.4 is 14.4 Å². The van der Waals surface area contributed by atoms with E-state index in [2.05, 4.69) is 4.98 Å². The van der Waals surface area contributed by atoms with Gasteiger partial charge in [-0.3, -0.25) is 9.59 Å². The van der Waals surface area contributed by atoms with Gasteiger partial charge in [-0.05, 0) is 86.5 Å². The molecule has 2 aliphatic carbocycles. The topological polar surface area (TPSA) is 92.2 Å². The summed E-state index contributed by atoms with van der Waals surface area (Å²) in [6.07, 6.45) is 2.88. The first-order valence-corrected chi connectivity index (χ1v) is 14.7. The van der Waals surface area contributed by atoms with Gasteiger partial charge < -0.3 is 24.4 Å². The zero-order chi connectivity index (χ0) is 29.9. The van der Waals surface area contributed by atoms with Crippen molar-refractivity contribution < 1.29 is 37.3 Å². The van der Waals surface area contributed by atoms with Gasteiger partial charge in [0.25, 0.3) is 5.91 Å². The average molecular weight is 590 g/mol. The number of carbonyl (C=O) groups excluding carboxylic acids is 1. The van der Waals surface area contributed by atoms with Gasteiger partial charge in [-0.1, -0.05) is 0 Å². The molecule has 5 rings (SSSR count). The first-order valence-electron chi connectivity index (χ1n) is 14.7. The number of carboxylic acids is 1. The minimum absolute atomic E-state index is 0.0350. The van der Waals surface area contributed by atoms with Crippen LogP contribution in [0.15, 0.2) is 36.5 Å². The lowest BCUT2D eigenvalue weighted by Gasteiger charge is -2.39. The number of anilines is 1. The van der Waals surface area contributed by atoms with Crippen LogP contribution in [0.3, 0.4) is 0 Å². The quantitative estimate of drug-likeness (QED) is 0.329. The molecule has 0 spiro atoms. The van der Waals surface area contributed by atoms with Crippen LogP contribution in [0.5, 0.6) is 11.6 Å². The minimum atomic E-state index is -4.47. The summed E-state index contributed by atoms with van der Waals surface area (Å²) >= 11 is 0. The van der Waals surface area contributed by atoms with Gasteiger partial charge in [-0.2, -0.15) is 13.2 Å². The second-order valence-electron chi connectivity index (χ2n) is 11.7. The Morgan fingerprint density at radius 3 is 2.43 bits per heavy atom. The van der Waals surface area contributed by atoms with Crippen molar-refractivity contribution in [2.45, 2.75) is 69.5 Å². The predicted molar refractivity (Wildman–Crippen MR) is 150 cm³/mol. The summed E-state index contributed by atoms with van der Waals surface area (Å²) in [6.45, 7) is 0.413. The molecule has 1 atom stereocenters. The molecule has 2 aromatic rings. The number of carboxylic acid groups (broad SMARTS) is 1. The van der Waals surface area contributed by atoms with Crippen molar-refractivity contribution >= 4 is 17.6 Å². The molecule has 1 N–H and O–H groups in total. The number of nitrogens with zero attached hydrogens (tertiary/aromatic N) is 3. The van der Waals surface area contributed by atoms with Gasteiger partial charge in [0, 0.05) is 37.5 Å². The Morgan fingerprint density at radius 1 is 1.10 bits per heavy atom. The Morgan fingerprint density at radius 2 is 1.83 bits per heavy atom. The Balaban J connectivity index is 1.23. The maximum absolute atomic E-state index is 13.5. The summed E-state index contributed by atoms with van der Waals surface area (Å²) in [4.78, 5) is 32.3. The largest absolute Gasteiger partial charge is 0.497 e. The minimum Gasteiger partial charge on any atom is -0.497 e. The van der Waals surface area contributed by atoms with E-state index in [-0.39, 0.29) is 23.8 Å². The van der Waals surface area contributed by atoms with Crippen LogP contribution in [0.2, 0.25) is 0 Å². The Bertz CT molecular complexity index is 1260. The van der Waals surface area contributed by atoms with Gasteiger partial charge in [0.15, 0.2) is 0 Å². The van der Waals surface area contributed by atoms with Gasteiger partial charge in [0.2, 0.25) is 5.88 Å². The summed E-state index contributed by atoms with van der Waals surface area (Å²) in [5, 5.41) is 9.33. The lowest BCUT2D eigenvalue weighted by atomic mass is 9.90. The maximum Gasteiger partial charge on any atom is 0.406 e. The zero-order valence-electron chi connectivity index (χ0n) is 23.8. The Kier molecular flexibility index (Phi) is 9.13. The van der Waals surface area contributed by atoms with Crippen molar-refractivity contribution in [2.24, 2.45) is 11.8 Å². The van der Waals surface area contributed by atoms with E-state index in [9.17, 15) is 27.9 Å². The SMILES string of the molecule is COc1ccc(C(=O)N(CC(F)(F)F)C2CCC2)c(N2CCC(COc3cc(C(CC(=O)O)C4CC4)ccn3)CC2)c1. The second-order valence-corrected chi connectivity index (χ2v) is 11.7. The molecule has 0 bridgehead atoms. The van der Waals surface area contributed by atoms with E-state index in [1.54, 1.807) is 24.4 Å². The number of carbonyl (C=O) groups is 2. The van der Waals surface area contributed by atoms with E-state index >= 15 is 0 Å². The molecule has 1 aromatic heterocycles. The van der Waals surface area contributed by atoms with Crippen molar-refractivity contribution in [1.82, 2.24) is 9.88 Å². The normalized spacial score (nSPS) is 18.7. The molecular formula is C31H38F3N3O5. The van der Waals surface area contributed by atoms with E-state index < -0.39 is 30.6 Å². The van der Waals surface area contributed by atoms with Gasteiger partial charge in [-0.25, -0.2) is 4.98 Å². The molecule has 3 fully saturated rings. The fourth-order valence-electron chi connectivity index (χ4n) is 6.02. The molecule has 11 heteroatoms. The van der Waals surface area contributed by atoms with E-state index in [0.29, 0.717) is 55.8 Å². The molecule has 2 heterocycles. The number of hydrogen-bond donors (Lipinski definition) is 1. The molecule has 228 valence electrons. The number of piperidine rings is 1. The summed E-state index contributed by atoms with van der Waals surface area (Å²) in [6, 6.07) is 8.25. The molecule has 0 radical (unpaired) electrons. The number of aromatic nitrogens is 1. The van der Waals surface area contributed by atoms with Crippen LogP contribution in [0.4, 0.5) is 18.9 Å². The van der Waals surface area contributed by atoms with Crippen LogP contribution >= 0.6 is 0 Å². The average Bonchev–Trinajstić information content (AvgIpc) is 3.78. The highest BCUT2D eigenvalue weighted by molar-refractivity contribution is 6.00. The second kappa shape index (κ2) is 12.8. The summed E-state index contributed by atoms with van der Waals surface area (Å²) in [7, 11) is 1.52. The van der Waals surface area contributed by atoms with E-state index in [1.807, 2.05) is 17.0 Å². The number of hydrogen-bond acceptors (Lipinski definition) is 6. The fourth-order valence-corrected chi connectivity index (χ4v) is 6.02. The number of rotatable bonds is 12. The Hall–Kier alpha value is -3.50. The number of methoxy groups -OCH3 is 1. The number of pyridine rings is 1. The molecule has 42 heavy (non-hydrogen) atoms. The third-order valence-corrected chi connectivity index (χ3v) is 8.76. The molecule has 8 nitrogen and oxygen atoms in total.